The summed E-state index contributed by atoms with van der Waals surface area (Å²) in [4.78, 5) is 14.0. The van der Waals surface area contributed by atoms with Crippen molar-refractivity contribution in [3.05, 3.63) is 10.4 Å². The number of azide groups is 1. The largest absolute Gasteiger partial charge is 0.376 e. The Hall–Kier alpha value is -1.34. The summed E-state index contributed by atoms with van der Waals surface area (Å²) in [6, 6.07) is -0.310. The van der Waals surface area contributed by atoms with Crippen LogP contribution in [0.2, 0.25) is 0 Å². The fourth-order valence-corrected chi connectivity index (χ4v) is 2.39. The van der Waals surface area contributed by atoms with Gasteiger partial charge in [-0.15, -0.1) is 0 Å². The fourth-order valence-electron chi connectivity index (χ4n) is 2.39. The molecule has 0 aromatic carbocycles. The molecule has 1 N–H and O–H groups in total. The lowest BCUT2D eigenvalue weighted by Crippen LogP contribution is -2.64. The monoisotopic (exact) mass is 272 g/mol. The van der Waals surface area contributed by atoms with Crippen LogP contribution >= 0.6 is 0 Å². The van der Waals surface area contributed by atoms with Gasteiger partial charge in [0.25, 0.3) is 0 Å². The predicted octanol–water partition coefficient (Wildman–Crippen LogP) is 0.619. The van der Waals surface area contributed by atoms with Crippen LogP contribution in [0.3, 0.4) is 0 Å². The van der Waals surface area contributed by atoms with Gasteiger partial charge < -0.3 is 19.5 Å². The lowest BCUT2D eigenvalue weighted by Gasteiger charge is -2.44. The average Bonchev–Trinajstić information content (AvgIpc) is 2.37. The Labute approximate surface area is 112 Å². The normalized spacial score (nSPS) is 34.4. The van der Waals surface area contributed by atoms with E-state index in [0.717, 1.165) is 0 Å². The third-order valence-corrected chi connectivity index (χ3v) is 3.18. The van der Waals surface area contributed by atoms with E-state index < -0.39 is 12.2 Å². The van der Waals surface area contributed by atoms with E-state index in [1.165, 1.54) is 14.0 Å². The second-order valence-corrected chi connectivity index (χ2v) is 4.42. The smallest absolute Gasteiger partial charge is 0.217 e. The van der Waals surface area contributed by atoms with E-state index in [0.29, 0.717) is 0 Å². The van der Waals surface area contributed by atoms with Crippen LogP contribution in [0.4, 0.5) is 0 Å². The topological polar surface area (TPSA) is 106 Å². The van der Waals surface area contributed by atoms with Gasteiger partial charge in [0.2, 0.25) is 5.91 Å². The van der Waals surface area contributed by atoms with Crippen molar-refractivity contribution in [2.75, 3.05) is 20.8 Å². The summed E-state index contributed by atoms with van der Waals surface area (Å²) in [6.45, 7) is 3.43. The van der Waals surface area contributed by atoms with Gasteiger partial charge in [0.1, 0.15) is 12.2 Å². The molecular weight excluding hydrogens is 252 g/mol. The molecule has 1 unspecified atom stereocenters. The fraction of sp³-hybridized carbons (Fsp3) is 0.909. The molecule has 0 aromatic rings. The molecule has 1 aliphatic rings. The molecule has 1 saturated heterocycles. The average molecular weight is 272 g/mol. The van der Waals surface area contributed by atoms with Crippen molar-refractivity contribution in [1.82, 2.24) is 5.32 Å². The molecule has 0 aromatic heterocycles. The van der Waals surface area contributed by atoms with Crippen LogP contribution in [0.25, 0.3) is 10.4 Å². The minimum absolute atomic E-state index is 0.159. The minimum Gasteiger partial charge on any atom is -0.376 e. The van der Waals surface area contributed by atoms with Crippen molar-refractivity contribution in [1.29, 1.82) is 0 Å². The van der Waals surface area contributed by atoms with Crippen molar-refractivity contribution >= 4 is 5.91 Å². The van der Waals surface area contributed by atoms with E-state index in [1.807, 2.05) is 6.92 Å². The molecule has 108 valence electrons. The molecule has 1 amide bonds. The number of amides is 1. The van der Waals surface area contributed by atoms with Crippen molar-refractivity contribution in [2.24, 2.45) is 5.11 Å². The summed E-state index contributed by atoms with van der Waals surface area (Å²) in [5, 5.41) is 6.32. The molecule has 1 rings (SSSR count). The van der Waals surface area contributed by atoms with E-state index in [-0.39, 0.29) is 30.7 Å². The molecule has 8 nitrogen and oxygen atoms in total. The number of carbonyl (C=O) groups is 1. The molecule has 0 bridgehead atoms. The number of hydrogen-bond donors (Lipinski definition) is 1. The number of methoxy groups -OCH3 is 2. The number of rotatable bonds is 5. The number of hydrogen-bond acceptors (Lipinski definition) is 5. The lowest BCUT2D eigenvalue weighted by molar-refractivity contribution is -0.194. The highest BCUT2D eigenvalue weighted by molar-refractivity contribution is 5.73. The van der Waals surface area contributed by atoms with Crippen molar-refractivity contribution in [3.8, 4) is 0 Å². The SMILES string of the molecule is CO[C@@H]1[C@H](OC)[C@@H](NC(C)=O)C(C)O[C@@H]1CN=[N+]=[N-]. The quantitative estimate of drug-likeness (QED) is 0.450. The zero-order valence-electron chi connectivity index (χ0n) is 11.6. The van der Waals surface area contributed by atoms with E-state index in [2.05, 4.69) is 15.3 Å². The van der Waals surface area contributed by atoms with Gasteiger partial charge >= 0.3 is 0 Å². The number of carbonyl (C=O) groups excluding carboxylic acids is 1. The van der Waals surface area contributed by atoms with Gasteiger partial charge in [-0.1, -0.05) is 5.11 Å². The number of nitrogens with zero attached hydrogens (tertiary/aromatic N) is 3. The highest BCUT2D eigenvalue weighted by Gasteiger charge is 2.44. The maximum Gasteiger partial charge on any atom is 0.217 e. The van der Waals surface area contributed by atoms with Gasteiger partial charge in [0, 0.05) is 26.1 Å². The summed E-state index contributed by atoms with van der Waals surface area (Å²) < 4.78 is 16.6. The molecular formula is C11H20N4O4. The van der Waals surface area contributed by atoms with Crippen LogP contribution in [0.15, 0.2) is 5.11 Å². The molecule has 5 atom stereocenters. The second kappa shape index (κ2) is 7.30. The second-order valence-electron chi connectivity index (χ2n) is 4.42. The highest BCUT2D eigenvalue weighted by atomic mass is 16.6. The zero-order valence-corrected chi connectivity index (χ0v) is 11.6. The Kier molecular flexibility index (Phi) is 6.04. The lowest BCUT2D eigenvalue weighted by atomic mass is 9.92. The predicted molar refractivity (Wildman–Crippen MR) is 67.5 cm³/mol. The maximum absolute atomic E-state index is 11.2. The van der Waals surface area contributed by atoms with Crippen LogP contribution in [0.1, 0.15) is 13.8 Å². The minimum atomic E-state index is -0.413. The molecule has 1 heterocycles. The molecule has 0 aliphatic carbocycles. The van der Waals surface area contributed by atoms with Crippen molar-refractivity contribution in [2.45, 2.75) is 44.3 Å². The zero-order chi connectivity index (χ0) is 14.4. The molecule has 8 heteroatoms. The van der Waals surface area contributed by atoms with Crippen LogP contribution in [0.5, 0.6) is 0 Å². The van der Waals surface area contributed by atoms with Crippen molar-refractivity contribution < 1.29 is 19.0 Å². The van der Waals surface area contributed by atoms with E-state index in [1.54, 1.807) is 7.11 Å². The van der Waals surface area contributed by atoms with Crippen LogP contribution < -0.4 is 5.32 Å². The molecule has 0 spiro atoms. The molecule has 1 fully saturated rings. The number of nitrogens with one attached hydrogen (secondary N) is 1. The number of ether oxygens (including phenoxy) is 3. The first-order valence-corrected chi connectivity index (χ1v) is 6.04. The maximum atomic E-state index is 11.2. The Bertz CT molecular complexity index is 359. The van der Waals surface area contributed by atoms with Crippen LogP contribution in [-0.2, 0) is 19.0 Å². The highest BCUT2D eigenvalue weighted by Crippen LogP contribution is 2.25. The third-order valence-electron chi connectivity index (χ3n) is 3.18. The molecule has 0 saturated carbocycles. The van der Waals surface area contributed by atoms with Gasteiger partial charge in [-0.05, 0) is 12.5 Å². The van der Waals surface area contributed by atoms with Gasteiger partial charge in [-0.2, -0.15) is 0 Å². The van der Waals surface area contributed by atoms with E-state index >= 15 is 0 Å². The third kappa shape index (κ3) is 3.81. The first kappa shape index (κ1) is 15.7. The first-order valence-electron chi connectivity index (χ1n) is 6.04. The molecule has 0 radical (unpaired) electrons. The summed E-state index contributed by atoms with van der Waals surface area (Å²) in [5.41, 5.74) is 8.39. The Morgan fingerprint density at radius 2 is 2.05 bits per heavy atom. The van der Waals surface area contributed by atoms with Crippen LogP contribution in [-0.4, -0.2) is 57.1 Å². The van der Waals surface area contributed by atoms with E-state index in [9.17, 15) is 4.79 Å². The van der Waals surface area contributed by atoms with E-state index in [4.69, 9.17) is 19.7 Å². The van der Waals surface area contributed by atoms with Crippen molar-refractivity contribution in [3.63, 3.8) is 0 Å². The standard InChI is InChI=1S/C11H20N4O4/c1-6-9(14-7(2)16)11(18-4)10(17-3)8(19-6)5-13-15-12/h6,8-11H,5H2,1-4H3,(H,14,16)/t6?,8-,9+,10+,11-/m1/s1. The first-order chi connectivity index (χ1) is 9.04. The van der Waals surface area contributed by atoms with Crippen LogP contribution in [0, 0.1) is 0 Å². The van der Waals surface area contributed by atoms with Gasteiger partial charge in [-0.3, -0.25) is 4.79 Å². The summed E-state index contributed by atoms with van der Waals surface area (Å²) in [7, 11) is 3.08. The van der Waals surface area contributed by atoms with Gasteiger partial charge in [-0.25, -0.2) is 0 Å². The Balaban J connectivity index is 2.90. The molecule has 1 aliphatic heterocycles. The van der Waals surface area contributed by atoms with Gasteiger partial charge in [0.15, 0.2) is 0 Å². The Morgan fingerprint density at radius 1 is 1.42 bits per heavy atom. The summed E-state index contributed by atoms with van der Waals surface area (Å²) >= 11 is 0. The van der Waals surface area contributed by atoms with Gasteiger partial charge in [0.05, 0.1) is 24.8 Å². The summed E-state index contributed by atoms with van der Waals surface area (Å²) in [6.07, 6.45) is -1.44. The summed E-state index contributed by atoms with van der Waals surface area (Å²) in [5.74, 6) is -0.161. The Morgan fingerprint density at radius 3 is 2.53 bits per heavy atom. The molecule has 19 heavy (non-hydrogen) atoms.